The van der Waals surface area contributed by atoms with Gasteiger partial charge in [0.25, 0.3) is 11.8 Å². The number of hydrogen-bond donors (Lipinski definition) is 1. The Morgan fingerprint density at radius 1 is 1.00 bits per heavy atom. The lowest BCUT2D eigenvalue weighted by Crippen LogP contribution is -2.70. The Balaban J connectivity index is 1.21. The third-order valence-electron chi connectivity index (χ3n) is 11.5. The zero-order valence-corrected chi connectivity index (χ0v) is 22.5. The van der Waals surface area contributed by atoms with Gasteiger partial charge >= 0.3 is 0 Å². The van der Waals surface area contributed by atoms with Crippen LogP contribution >= 0.6 is 0 Å². The molecule has 1 amide bonds. The molecule has 0 spiro atoms. The molecule has 40 heavy (non-hydrogen) atoms. The molecular weight excluding hydrogens is 506 g/mol. The van der Waals surface area contributed by atoms with Crippen molar-refractivity contribution < 1.29 is 18.7 Å². The summed E-state index contributed by atoms with van der Waals surface area (Å²) in [5.41, 5.74) is 2.89. The van der Waals surface area contributed by atoms with Gasteiger partial charge in [0, 0.05) is 35.2 Å². The Labute approximate surface area is 233 Å². The molecule has 2 heterocycles. The number of phenols is 1. The average Bonchev–Trinajstić information content (AvgIpc) is 3.42. The molecule has 4 fully saturated rings. The minimum absolute atomic E-state index is 0.0257. The monoisotopic (exact) mass is 540 g/mol. The second-order valence-electron chi connectivity index (χ2n) is 12.9. The van der Waals surface area contributed by atoms with Gasteiger partial charge in [-0.15, -0.1) is 0 Å². The first-order valence-electron chi connectivity index (χ1n) is 14.7. The number of hydrogen-bond acceptors (Lipinski definition) is 3. The predicted octanol–water partition coefficient (Wildman–Crippen LogP) is 5.99. The van der Waals surface area contributed by atoms with E-state index >= 15 is 8.78 Å². The summed E-state index contributed by atoms with van der Waals surface area (Å²) in [6.07, 6.45) is 4.32. The van der Waals surface area contributed by atoms with Crippen molar-refractivity contribution in [2.75, 3.05) is 19.6 Å². The second-order valence-corrected chi connectivity index (χ2v) is 12.9. The zero-order chi connectivity index (χ0) is 27.3. The van der Waals surface area contributed by atoms with Gasteiger partial charge in [-0.05, 0) is 91.3 Å². The van der Waals surface area contributed by atoms with Crippen molar-refractivity contribution in [1.29, 1.82) is 0 Å². The van der Waals surface area contributed by atoms with Crippen molar-refractivity contribution in [2.24, 2.45) is 17.3 Å². The average molecular weight is 541 g/mol. The molecule has 206 valence electrons. The fourth-order valence-corrected chi connectivity index (χ4v) is 10.3. The molecule has 0 radical (unpaired) electrons. The number of amides is 1. The standard InChI is InChI=1S/C34H34F2N2O2/c35-34(36,25-9-5-2-6-10-25)21-37-16-15-33-27-18-26(39)12-11-23(27)17-29(37)32(33)14-13-28-30(33)24(19-32)20-38(28)31(40)22-7-3-1-4-8-22/h1-12,18,24,28-30,39H,13-17,19-21H2/t24-,28?,29-,30?,32-,33+/m1/s1. The molecule has 3 aliphatic carbocycles. The van der Waals surface area contributed by atoms with Crippen LogP contribution in [0.5, 0.6) is 5.75 Å². The number of aromatic hydroxyl groups is 1. The van der Waals surface area contributed by atoms with Crippen molar-refractivity contribution in [3.05, 3.63) is 101 Å². The van der Waals surface area contributed by atoms with Gasteiger partial charge in [-0.3, -0.25) is 9.69 Å². The summed E-state index contributed by atoms with van der Waals surface area (Å²) in [6.45, 7) is 1.06. The van der Waals surface area contributed by atoms with Gasteiger partial charge in [0.15, 0.2) is 0 Å². The minimum atomic E-state index is -2.93. The van der Waals surface area contributed by atoms with E-state index in [1.165, 1.54) is 23.3 Å². The van der Waals surface area contributed by atoms with E-state index in [9.17, 15) is 9.90 Å². The summed E-state index contributed by atoms with van der Waals surface area (Å²) in [7, 11) is 0. The first-order chi connectivity index (χ1) is 19.3. The van der Waals surface area contributed by atoms with Crippen LogP contribution < -0.4 is 0 Å². The van der Waals surface area contributed by atoms with Gasteiger partial charge in [0.05, 0.1) is 6.54 Å². The number of likely N-dealkylation sites (tertiary alicyclic amines) is 2. The number of carbonyl (C=O) groups excluding carboxylic acids is 1. The van der Waals surface area contributed by atoms with E-state index in [0.29, 0.717) is 12.5 Å². The van der Waals surface area contributed by atoms with Gasteiger partial charge in [-0.25, -0.2) is 0 Å². The van der Waals surface area contributed by atoms with E-state index < -0.39 is 5.92 Å². The van der Waals surface area contributed by atoms with Crippen LogP contribution in [-0.2, 0) is 17.8 Å². The van der Waals surface area contributed by atoms with Crippen LogP contribution in [0.4, 0.5) is 8.78 Å². The largest absolute Gasteiger partial charge is 0.508 e. The Kier molecular flexibility index (Phi) is 5.14. The highest BCUT2D eigenvalue weighted by Gasteiger charge is 2.76. The number of phenolic OH excluding ortho intramolecular Hbond substituents is 1. The molecule has 6 heteroatoms. The summed E-state index contributed by atoms with van der Waals surface area (Å²) in [5, 5.41) is 10.7. The topological polar surface area (TPSA) is 43.8 Å². The third kappa shape index (κ3) is 3.11. The molecule has 2 unspecified atom stereocenters. The van der Waals surface area contributed by atoms with Gasteiger partial charge in [-0.1, -0.05) is 54.6 Å². The smallest absolute Gasteiger partial charge is 0.285 e. The summed E-state index contributed by atoms with van der Waals surface area (Å²) in [4.78, 5) is 18.0. The molecule has 1 N–H and O–H groups in total. The molecule has 2 aliphatic heterocycles. The van der Waals surface area contributed by atoms with Crippen LogP contribution in [0.1, 0.15) is 52.7 Å². The van der Waals surface area contributed by atoms with Crippen molar-refractivity contribution in [1.82, 2.24) is 9.80 Å². The fourth-order valence-electron chi connectivity index (χ4n) is 10.3. The van der Waals surface area contributed by atoms with Gasteiger partial charge in [0.1, 0.15) is 5.75 Å². The van der Waals surface area contributed by atoms with Crippen molar-refractivity contribution in [3.8, 4) is 5.75 Å². The first kappa shape index (κ1) is 24.5. The molecule has 4 nitrogen and oxygen atoms in total. The molecule has 0 aromatic heterocycles. The maximum Gasteiger partial charge on any atom is 0.285 e. The Morgan fingerprint density at radius 2 is 1.75 bits per heavy atom. The fraction of sp³-hybridized carbons (Fsp3) is 0.441. The molecule has 2 saturated carbocycles. The Morgan fingerprint density at radius 3 is 2.52 bits per heavy atom. The van der Waals surface area contributed by atoms with Gasteiger partial charge in [-0.2, -0.15) is 8.78 Å². The van der Waals surface area contributed by atoms with E-state index in [2.05, 4.69) is 9.80 Å². The molecule has 4 bridgehead atoms. The van der Waals surface area contributed by atoms with Crippen molar-refractivity contribution >= 4 is 5.91 Å². The number of benzene rings is 3. The lowest BCUT2D eigenvalue weighted by Gasteiger charge is -2.66. The molecule has 2 saturated heterocycles. The van der Waals surface area contributed by atoms with Gasteiger partial charge in [0.2, 0.25) is 0 Å². The lowest BCUT2D eigenvalue weighted by atomic mass is 9.43. The first-order valence-corrected chi connectivity index (χ1v) is 14.7. The number of carbonyl (C=O) groups is 1. The lowest BCUT2D eigenvalue weighted by molar-refractivity contribution is -0.133. The molecule has 5 aliphatic rings. The van der Waals surface area contributed by atoms with E-state index in [4.69, 9.17) is 0 Å². The maximum absolute atomic E-state index is 15.7. The van der Waals surface area contributed by atoms with Crippen LogP contribution in [0.15, 0.2) is 78.9 Å². The summed E-state index contributed by atoms with van der Waals surface area (Å²) in [5.74, 6) is -1.93. The zero-order valence-electron chi connectivity index (χ0n) is 22.5. The predicted molar refractivity (Wildman–Crippen MR) is 148 cm³/mol. The van der Waals surface area contributed by atoms with E-state index in [1.54, 1.807) is 24.3 Å². The quantitative estimate of drug-likeness (QED) is 0.442. The number of rotatable bonds is 4. The number of nitrogens with zero attached hydrogens (tertiary/aromatic N) is 2. The highest BCUT2D eigenvalue weighted by molar-refractivity contribution is 5.94. The van der Waals surface area contributed by atoms with Crippen LogP contribution in [0, 0.1) is 17.3 Å². The van der Waals surface area contributed by atoms with E-state index in [1.807, 2.05) is 42.5 Å². The van der Waals surface area contributed by atoms with Crippen LogP contribution in [0.3, 0.4) is 0 Å². The number of alkyl halides is 2. The molecule has 3 aromatic carbocycles. The van der Waals surface area contributed by atoms with Crippen molar-refractivity contribution in [3.63, 3.8) is 0 Å². The summed E-state index contributed by atoms with van der Waals surface area (Å²) >= 11 is 0. The van der Waals surface area contributed by atoms with Gasteiger partial charge < -0.3 is 10.0 Å². The van der Waals surface area contributed by atoms with E-state index in [-0.39, 0.29) is 52.6 Å². The Bertz CT molecular complexity index is 1480. The number of piperidine rings is 1. The molecule has 3 aromatic rings. The minimum Gasteiger partial charge on any atom is -0.508 e. The normalized spacial score (nSPS) is 33.9. The van der Waals surface area contributed by atoms with Crippen LogP contribution in [0.2, 0.25) is 0 Å². The SMILES string of the molecule is O=C(c1ccccc1)N1C[C@H]2C[C@@]34CCC1C2[C@@]31CCN(CC(F)(F)c2ccccc2)[C@@H]4Cc2ccc(O)cc21. The second kappa shape index (κ2) is 8.39. The maximum atomic E-state index is 15.7. The number of halogens is 2. The van der Waals surface area contributed by atoms with Crippen LogP contribution in [-0.4, -0.2) is 52.5 Å². The highest BCUT2D eigenvalue weighted by atomic mass is 19.3. The third-order valence-corrected chi connectivity index (χ3v) is 11.5. The van der Waals surface area contributed by atoms with Crippen molar-refractivity contribution in [2.45, 2.75) is 55.5 Å². The van der Waals surface area contributed by atoms with Crippen LogP contribution in [0.25, 0.3) is 0 Å². The highest BCUT2D eigenvalue weighted by Crippen LogP contribution is 2.75. The summed E-state index contributed by atoms with van der Waals surface area (Å²) < 4.78 is 31.4. The Hall–Kier alpha value is -3.25. The summed E-state index contributed by atoms with van der Waals surface area (Å²) in [6, 6.07) is 23.7. The molecular formula is C34H34F2N2O2. The molecule has 6 atom stereocenters. The molecule has 8 rings (SSSR count). The number of fused-ring (bicyclic) bond motifs is 1. The van der Waals surface area contributed by atoms with E-state index in [0.717, 1.165) is 44.2 Å².